The molecular formula is C16H24N2O2. The lowest BCUT2D eigenvalue weighted by Crippen LogP contribution is -2.48. The largest absolute Gasteiger partial charge is 0.508 e. The van der Waals surface area contributed by atoms with Crippen molar-refractivity contribution in [1.82, 2.24) is 5.32 Å². The van der Waals surface area contributed by atoms with Crippen molar-refractivity contribution >= 4 is 11.6 Å². The van der Waals surface area contributed by atoms with E-state index < -0.39 is 0 Å². The molecule has 0 aromatic heterocycles. The zero-order valence-electron chi connectivity index (χ0n) is 12.3. The number of benzene rings is 1. The molecule has 2 rings (SSSR count). The van der Waals surface area contributed by atoms with Crippen LogP contribution in [0, 0.1) is 12.3 Å². The van der Waals surface area contributed by atoms with Gasteiger partial charge in [0.25, 0.3) is 0 Å². The maximum atomic E-state index is 12.7. The van der Waals surface area contributed by atoms with Gasteiger partial charge in [-0.2, -0.15) is 0 Å². The molecule has 20 heavy (non-hydrogen) atoms. The molecule has 1 unspecified atom stereocenters. The maximum Gasteiger partial charge on any atom is 0.231 e. The van der Waals surface area contributed by atoms with E-state index in [0.29, 0.717) is 0 Å². The molecule has 0 saturated carbocycles. The number of hydrogen-bond acceptors (Lipinski definition) is 3. The molecule has 0 radical (unpaired) electrons. The monoisotopic (exact) mass is 276 g/mol. The Bertz CT molecular complexity index is 474. The first-order chi connectivity index (χ1) is 9.57. The Labute approximate surface area is 120 Å². The molecule has 3 N–H and O–H groups in total. The number of nitrogens with one attached hydrogen (secondary N) is 2. The smallest absolute Gasteiger partial charge is 0.231 e. The quantitative estimate of drug-likeness (QED) is 0.741. The van der Waals surface area contributed by atoms with Crippen molar-refractivity contribution in [3.05, 3.63) is 23.8 Å². The highest BCUT2D eigenvalue weighted by atomic mass is 16.3. The first kappa shape index (κ1) is 14.9. The van der Waals surface area contributed by atoms with Gasteiger partial charge in [-0.05, 0) is 56.5 Å². The second kappa shape index (κ2) is 6.27. The molecule has 4 nitrogen and oxygen atoms in total. The fourth-order valence-corrected chi connectivity index (χ4v) is 3.01. The number of hydrogen-bond donors (Lipinski definition) is 3. The van der Waals surface area contributed by atoms with Crippen LogP contribution in [0.1, 0.15) is 38.2 Å². The fraction of sp³-hybridized carbons (Fsp3) is 0.562. The van der Waals surface area contributed by atoms with E-state index in [9.17, 15) is 9.90 Å². The zero-order chi connectivity index (χ0) is 14.6. The molecule has 1 amide bonds. The number of aromatic hydroxyl groups is 1. The summed E-state index contributed by atoms with van der Waals surface area (Å²) in [5.74, 6) is 0.323. The van der Waals surface area contributed by atoms with Crippen LogP contribution >= 0.6 is 0 Å². The molecule has 110 valence electrons. The zero-order valence-corrected chi connectivity index (χ0v) is 12.3. The van der Waals surface area contributed by atoms with Gasteiger partial charge in [-0.15, -0.1) is 0 Å². The third kappa shape index (κ3) is 3.12. The molecule has 0 aliphatic carbocycles. The standard InChI is InChI=1S/C16H24N2O2/c1-3-7-16(8-4-9-17-11-16)15(20)18-14-6-5-13(19)10-12(14)2/h5-6,10,17,19H,3-4,7-9,11H2,1-2H3,(H,18,20). The predicted octanol–water partition coefficient (Wildman–Crippen LogP) is 2.81. The summed E-state index contributed by atoms with van der Waals surface area (Å²) in [7, 11) is 0. The number of anilines is 1. The molecule has 1 aliphatic heterocycles. The number of phenolic OH excluding ortho intramolecular Hbond substituents is 1. The Kier molecular flexibility index (Phi) is 4.65. The average molecular weight is 276 g/mol. The third-order valence-electron chi connectivity index (χ3n) is 4.14. The topological polar surface area (TPSA) is 61.4 Å². The summed E-state index contributed by atoms with van der Waals surface area (Å²) in [5, 5.41) is 15.8. The molecule has 1 fully saturated rings. The number of carbonyl (C=O) groups is 1. The molecule has 1 saturated heterocycles. The lowest BCUT2D eigenvalue weighted by molar-refractivity contribution is -0.127. The van der Waals surface area contributed by atoms with E-state index in [-0.39, 0.29) is 17.1 Å². The number of carbonyl (C=O) groups excluding carboxylic acids is 1. The van der Waals surface area contributed by atoms with Gasteiger partial charge < -0.3 is 15.7 Å². The van der Waals surface area contributed by atoms with Gasteiger partial charge in [-0.1, -0.05) is 13.3 Å². The number of amides is 1. The molecule has 4 heteroatoms. The Balaban J connectivity index is 2.15. The second-order valence-electron chi connectivity index (χ2n) is 5.76. The van der Waals surface area contributed by atoms with Crippen molar-refractivity contribution in [2.45, 2.75) is 39.5 Å². The summed E-state index contributed by atoms with van der Waals surface area (Å²) in [6.07, 6.45) is 3.89. The van der Waals surface area contributed by atoms with Crippen LogP contribution in [0.5, 0.6) is 5.75 Å². The number of phenols is 1. The van der Waals surface area contributed by atoms with Crippen molar-refractivity contribution < 1.29 is 9.90 Å². The van der Waals surface area contributed by atoms with E-state index >= 15 is 0 Å². The van der Waals surface area contributed by atoms with Crippen LogP contribution in [-0.2, 0) is 4.79 Å². The highest BCUT2D eigenvalue weighted by molar-refractivity contribution is 5.96. The minimum absolute atomic E-state index is 0.0975. The van der Waals surface area contributed by atoms with Crippen molar-refractivity contribution in [1.29, 1.82) is 0 Å². The van der Waals surface area contributed by atoms with Gasteiger partial charge >= 0.3 is 0 Å². The fourth-order valence-electron chi connectivity index (χ4n) is 3.01. The lowest BCUT2D eigenvalue weighted by Gasteiger charge is -2.36. The summed E-state index contributed by atoms with van der Waals surface area (Å²) in [6, 6.07) is 5.04. The summed E-state index contributed by atoms with van der Waals surface area (Å²) in [4.78, 5) is 12.7. The lowest BCUT2D eigenvalue weighted by atomic mass is 9.76. The van der Waals surface area contributed by atoms with Crippen LogP contribution in [0.4, 0.5) is 5.69 Å². The average Bonchev–Trinajstić information content (AvgIpc) is 2.43. The number of aryl methyl sites for hydroxylation is 1. The van der Waals surface area contributed by atoms with Gasteiger partial charge in [0.1, 0.15) is 5.75 Å². The minimum atomic E-state index is -0.294. The van der Waals surface area contributed by atoms with Crippen LogP contribution in [0.25, 0.3) is 0 Å². The Morgan fingerprint density at radius 3 is 2.90 bits per heavy atom. The summed E-state index contributed by atoms with van der Waals surface area (Å²) >= 11 is 0. The Hall–Kier alpha value is -1.55. The Morgan fingerprint density at radius 2 is 2.30 bits per heavy atom. The van der Waals surface area contributed by atoms with Crippen LogP contribution in [0.3, 0.4) is 0 Å². The van der Waals surface area contributed by atoms with Gasteiger partial charge in [0.2, 0.25) is 5.91 Å². The van der Waals surface area contributed by atoms with Crippen molar-refractivity contribution in [3.63, 3.8) is 0 Å². The third-order valence-corrected chi connectivity index (χ3v) is 4.14. The van der Waals surface area contributed by atoms with Crippen LogP contribution in [0.2, 0.25) is 0 Å². The molecule has 1 aromatic rings. The molecule has 1 atom stereocenters. The number of rotatable bonds is 4. The van der Waals surface area contributed by atoms with Gasteiger partial charge in [0.15, 0.2) is 0 Å². The molecular weight excluding hydrogens is 252 g/mol. The normalized spacial score (nSPS) is 22.5. The van der Waals surface area contributed by atoms with E-state index in [1.165, 1.54) is 0 Å². The van der Waals surface area contributed by atoms with E-state index in [0.717, 1.165) is 50.0 Å². The van der Waals surface area contributed by atoms with Gasteiger partial charge in [0, 0.05) is 12.2 Å². The van der Waals surface area contributed by atoms with Crippen LogP contribution < -0.4 is 10.6 Å². The Morgan fingerprint density at radius 1 is 1.50 bits per heavy atom. The van der Waals surface area contributed by atoms with Crippen LogP contribution in [0.15, 0.2) is 18.2 Å². The molecule has 0 spiro atoms. The molecule has 1 aliphatic rings. The predicted molar refractivity (Wildman–Crippen MR) is 80.9 cm³/mol. The van der Waals surface area contributed by atoms with E-state index in [1.807, 2.05) is 6.92 Å². The van der Waals surface area contributed by atoms with Crippen LogP contribution in [-0.4, -0.2) is 24.1 Å². The first-order valence-electron chi connectivity index (χ1n) is 7.39. The highest BCUT2D eigenvalue weighted by Gasteiger charge is 2.38. The van der Waals surface area contributed by atoms with Crippen molar-refractivity contribution in [3.8, 4) is 5.75 Å². The summed E-state index contributed by atoms with van der Waals surface area (Å²) in [5.41, 5.74) is 1.37. The molecule has 0 bridgehead atoms. The van der Waals surface area contributed by atoms with E-state index in [2.05, 4.69) is 17.6 Å². The summed E-state index contributed by atoms with van der Waals surface area (Å²) in [6.45, 7) is 5.76. The number of piperidine rings is 1. The van der Waals surface area contributed by atoms with Gasteiger partial charge in [-0.3, -0.25) is 4.79 Å². The van der Waals surface area contributed by atoms with Crippen molar-refractivity contribution in [2.24, 2.45) is 5.41 Å². The van der Waals surface area contributed by atoms with E-state index in [1.54, 1.807) is 18.2 Å². The van der Waals surface area contributed by atoms with Crippen molar-refractivity contribution in [2.75, 3.05) is 18.4 Å². The van der Waals surface area contributed by atoms with Gasteiger partial charge in [-0.25, -0.2) is 0 Å². The van der Waals surface area contributed by atoms with E-state index in [4.69, 9.17) is 0 Å². The SMILES string of the molecule is CCCC1(C(=O)Nc2ccc(O)cc2C)CCCNC1. The first-order valence-corrected chi connectivity index (χ1v) is 7.39. The highest BCUT2D eigenvalue weighted by Crippen LogP contribution is 2.33. The maximum absolute atomic E-state index is 12.7. The summed E-state index contributed by atoms with van der Waals surface area (Å²) < 4.78 is 0. The molecule has 1 aromatic carbocycles. The van der Waals surface area contributed by atoms with Gasteiger partial charge in [0.05, 0.1) is 5.41 Å². The second-order valence-corrected chi connectivity index (χ2v) is 5.76. The molecule has 1 heterocycles. The minimum Gasteiger partial charge on any atom is -0.508 e.